The van der Waals surface area contributed by atoms with E-state index in [0.717, 1.165) is 0 Å². The first-order valence-corrected chi connectivity index (χ1v) is 2.52. The first-order valence-electron chi connectivity index (χ1n) is 2.52. The Hall–Kier alpha value is -1.19. The summed E-state index contributed by atoms with van der Waals surface area (Å²) in [6.07, 6.45) is 3.34. The number of nitrogens with zero attached hydrogens (tertiary/aromatic N) is 2. The van der Waals surface area contributed by atoms with Crippen molar-refractivity contribution in [3.63, 3.8) is 0 Å². The number of rotatable bonds is 3. The molecule has 0 aromatic heterocycles. The van der Waals surface area contributed by atoms with E-state index in [0.29, 0.717) is 6.42 Å². The molecule has 0 radical (unpaired) electrons. The van der Waals surface area contributed by atoms with E-state index in [-0.39, 0.29) is 5.84 Å². The lowest BCUT2D eigenvalue weighted by molar-refractivity contribution is 1.36. The highest BCUT2D eigenvalue weighted by molar-refractivity contribution is 5.92. The molecule has 0 amide bonds. The van der Waals surface area contributed by atoms with Gasteiger partial charge >= 0.3 is 0 Å². The van der Waals surface area contributed by atoms with Crippen LogP contribution in [0.3, 0.4) is 0 Å². The predicted octanol–water partition coefficient (Wildman–Crippen LogP) is 0.0414. The van der Waals surface area contributed by atoms with Crippen LogP contribution in [0.25, 0.3) is 0 Å². The molecule has 0 unspecified atom stereocenters. The Morgan fingerprint density at radius 3 is 2.89 bits per heavy atom. The lowest BCUT2D eigenvalue weighted by atomic mass is 10.4. The first kappa shape index (κ1) is 7.81. The van der Waals surface area contributed by atoms with Gasteiger partial charge in [-0.1, -0.05) is 0 Å². The standard InChI is InChI=1S/C5H10N4/c1-8-4-9-3-2-5(6)7/h3-4H,2H2,1H3,(H3,6,7)/b8-4-,9-3-. The topological polar surface area (TPSA) is 74.6 Å². The van der Waals surface area contributed by atoms with E-state index in [1.807, 2.05) is 0 Å². The zero-order chi connectivity index (χ0) is 7.11. The maximum absolute atomic E-state index is 6.77. The summed E-state index contributed by atoms with van der Waals surface area (Å²) in [5.74, 6) is 0.114. The van der Waals surface area contributed by atoms with E-state index in [9.17, 15) is 0 Å². The molecule has 9 heavy (non-hydrogen) atoms. The second-order valence-corrected chi connectivity index (χ2v) is 1.43. The second-order valence-electron chi connectivity index (χ2n) is 1.43. The molecule has 0 aromatic carbocycles. The predicted molar refractivity (Wildman–Crippen MR) is 39.4 cm³/mol. The Balaban J connectivity index is 3.36. The van der Waals surface area contributed by atoms with Crippen LogP contribution < -0.4 is 5.73 Å². The minimum Gasteiger partial charge on any atom is -0.387 e. The molecule has 0 aliphatic rings. The molecule has 0 rings (SSSR count). The summed E-state index contributed by atoms with van der Waals surface area (Å²) in [6.45, 7) is 0. The molecule has 0 saturated carbocycles. The third kappa shape index (κ3) is 6.81. The van der Waals surface area contributed by atoms with Crippen LogP contribution in [0, 0.1) is 5.41 Å². The van der Waals surface area contributed by atoms with Gasteiger partial charge in [-0.25, -0.2) is 4.99 Å². The van der Waals surface area contributed by atoms with Gasteiger partial charge in [0.1, 0.15) is 6.34 Å². The average Bonchev–Trinajstić information content (AvgIpc) is 1.80. The Morgan fingerprint density at radius 1 is 1.78 bits per heavy atom. The van der Waals surface area contributed by atoms with Gasteiger partial charge in [-0.3, -0.25) is 10.4 Å². The normalized spacial score (nSPS) is 11.2. The van der Waals surface area contributed by atoms with Gasteiger partial charge in [0.05, 0.1) is 5.84 Å². The fraction of sp³-hybridized carbons (Fsp3) is 0.400. The van der Waals surface area contributed by atoms with Gasteiger partial charge in [-0.15, -0.1) is 0 Å². The Labute approximate surface area is 54.0 Å². The van der Waals surface area contributed by atoms with E-state index < -0.39 is 0 Å². The lowest BCUT2D eigenvalue weighted by Gasteiger charge is -1.83. The largest absolute Gasteiger partial charge is 0.387 e. The average molecular weight is 126 g/mol. The molecule has 3 N–H and O–H groups in total. The number of hydrogen-bond acceptors (Lipinski definition) is 2. The fourth-order valence-electron chi connectivity index (χ4n) is 0.265. The quantitative estimate of drug-likeness (QED) is 0.406. The highest BCUT2D eigenvalue weighted by Crippen LogP contribution is 1.68. The van der Waals surface area contributed by atoms with Gasteiger partial charge < -0.3 is 5.73 Å². The number of nitrogens with two attached hydrogens (primary N) is 1. The third-order valence-corrected chi connectivity index (χ3v) is 0.599. The second kappa shape index (κ2) is 4.96. The Kier molecular flexibility index (Phi) is 4.30. The Morgan fingerprint density at radius 2 is 2.44 bits per heavy atom. The molecule has 50 valence electrons. The van der Waals surface area contributed by atoms with E-state index in [4.69, 9.17) is 11.1 Å². The molecule has 0 heterocycles. The molecule has 0 aromatic rings. The maximum Gasteiger partial charge on any atom is 0.109 e. The molecule has 0 fully saturated rings. The van der Waals surface area contributed by atoms with Crippen LogP contribution >= 0.6 is 0 Å². The van der Waals surface area contributed by atoms with Gasteiger partial charge in [0.2, 0.25) is 0 Å². The molecule has 0 aliphatic heterocycles. The number of aliphatic imine (C=N–C) groups is 2. The molecule has 0 aliphatic carbocycles. The van der Waals surface area contributed by atoms with Crippen LogP contribution in [0.2, 0.25) is 0 Å². The summed E-state index contributed by atoms with van der Waals surface area (Å²) >= 11 is 0. The molecular weight excluding hydrogens is 116 g/mol. The zero-order valence-electron chi connectivity index (χ0n) is 5.33. The van der Waals surface area contributed by atoms with Crippen molar-refractivity contribution in [1.82, 2.24) is 0 Å². The highest BCUT2D eigenvalue weighted by atomic mass is 14.8. The minimum absolute atomic E-state index is 0.114. The first-order chi connectivity index (χ1) is 4.27. The van der Waals surface area contributed by atoms with E-state index in [2.05, 4.69) is 9.98 Å². The van der Waals surface area contributed by atoms with Gasteiger partial charge in [0.15, 0.2) is 0 Å². The van der Waals surface area contributed by atoms with Crippen LogP contribution in [0.1, 0.15) is 6.42 Å². The van der Waals surface area contributed by atoms with Crippen molar-refractivity contribution in [2.75, 3.05) is 7.05 Å². The molecule has 0 bridgehead atoms. The summed E-state index contributed by atoms with van der Waals surface area (Å²) in [5.41, 5.74) is 5.02. The van der Waals surface area contributed by atoms with Gasteiger partial charge in [-0.2, -0.15) is 0 Å². The minimum atomic E-state index is 0.114. The maximum atomic E-state index is 6.77. The molecule has 0 saturated heterocycles. The monoisotopic (exact) mass is 126 g/mol. The van der Waals surface area contributed by atoms with E-state index in [1.54, 1.807) is 7.05 Å². The van der Waals surface area contributed by atoms with Gasteiger partial charge in [-0.05, 0) is 0 Å². The third-order valence-electron chi connectivity index (χ3n) is 0.599. The SMILES string of the molecule is C/N=C\N=C/CC(=N)N. The van der Waals surface area contributed by atoms with Crippen LogP contribution in [-0.2, 0) is 0 Å². The smallest absolute Gasteiger partial charge is 0.109 e. The van der Waals surface area contributed by atoms with Crippen LogP contribution in [0.15, 0.2) is 9.98 Å². The van der Waals surface area contributed by atoms with Crippen molar-refractivity contribution in [3.05, 3.63) is 0 Å². The number of amidine groups is 1. The van der Waals surface area contributed by atoms with Crippen LogP contribution in [0.5, 0.6) is 0 Å². The number of hydrogen-bond donors (Lipinski definition) is 2. The molecule has 4 nitrogen and oxygen atoms in total. The van der Waals surface area contributed by atoms with Crippen molar-refractivity contribution < 1.29 is 0 Å². The van der Waals surface area contributed by atoms with Crippen molar-refractivity contribution in [2.24, 2.45) is 15.7 Å². The van der Waals surface area contributed by atoms with Crippen LogP contribution in [-0.4, -0.2) is 25.4 Å². The summed E-state index contributed by atoms with van der Waals surface area (Å²) in [7, 11) is 1.63. The molecule has 0 atom stereocenters. The van der Waals surface area contributed by atoms with E-state index >= 15 is 0 Å². The van der Waals surface area contributed by atoms with Gasteiger partial charge in [0, 0.05) is 19.7 Å². The van der Waals surface area contributed by atoms with Crippen molar-refractivity contribution in [1.29, 1.82) is 5.41 Å². The van der Waals surface area contributed by atoms with Crippen molar-refractivity contribution >= 4 is 18.4 Å². The molecular formula is C5H10N4. The highest BCUT2D eigenvalue weighted by Gasteiger charge is 1.79. The zero-order valence-corrected chi connectivity index (χ0v) is 5.33. The summed E-state index contributed by atoms with van der Waals surface area (Å²) in [5, 5.41) is 6.77. The fourth-order valence-corrected chi connectivity index (χ4v) is 0.265. The molecule has 4 heteroatoms. The van der Waals surface area contributed by atoms with Crippen LogP contribution in [0.4, 0.5) is 0 Å². The lowest BCUT2D eigenvalue weighted by Crippen LogP contribution is -2.09. The van der Waals surface area contributed by atoms with Crippen molar-refractivity contribution in [2.45, 2.75) is 6.42 Å². The summed E-state index contributed by atoms with van der Waals surface area (Å²) < 4.78 is 0. The Bertz CT molecular complexity index is 136. The van der Waals surface area contributed by atoms with Crippen molar-refractivity contribution in [3.8, 4) is 0 Å². The van der Waals surface area contributed by atoms with Gasteiger partial charge in [0.25, 0.3) is 0 Å². The van der Waals surface area contributed by atoms with E-state index in [1.165, 1.54) is 12.6 Å². The summed E-state index contributed by atoms with van der Waals surface area (Å²) in [4.78, 5) is 7.29. The number of nitrogens with one attached hydrogen (secondary N) is 1. The summed E-state index contributed by atoms with van der Waals surface area (Å²) in [6, 6.07) is 0. The molecule has 0 spiro atoms.